The smallest absolute Gasteiger partial charge is 0.322 e. The quantitative estimate of drug-likeness (QED) is 0.808. The fourth-order valence-electron chi connectivity index (χ4n) is 4.65. The molecule has 2 aromatic rings. The first-order valence-corrected chi connectivity index (χ1v) is 10.6. The maximum absolute atomic E-state index is 14.2. The molecule has 156 valence electrons. The van der Waals surface area contributed by atoms with Crippen LogP contribution >= 0.6 is 11.3 Å². The van der Waals surface area contributed by atoms with Gasteiger partial charge >= 0.3 is 6.03 Å². The molecule has 1 aromatic carbocycles. The summed E-state index contributed by atoms with van der Waals surface area (Å²) in [6.07, 6.45) is 3.10. The first-order chi connectivity index (χ1) is 14.3. The molecule has 1 N–H and O–H groups in total. The van der Waals surface area contributed by atoms with Crippen molar-refractivity contribution in [2.24, 2.45) is 5.92 Å². The summed E-state index contributed by atoms with van der Waals surface area (Å²) in [6.45, 7) is 4.22. The molecule has 3 heterocycles. The number of aryl methyl sites for hydroxylation is 2. The number of anilines is 1. The van der Waals surface area contributed by atoms with E-state index in [0.717, 1.165) is 33.6 Å². The summed E-state index contributed by atoms with van der Waals surface area (Å²) in [6, 6.07) is 1.79. The number of urea groups is 1. The van der Waals surface area contributed by atoms with Gasteiger partial charge in [-0.15, -0.1) is 11.3 Å². The largest absolute Gasteiger partial charge is 0.333 e. The van der Waals surface area contributed by atoms with Crippen LogP contribution in [0, 0.1) is 31.4 Å². The van der Waals surface area contributed by atoms with Crippen molar-refractivity contribution >= 4 is 34.5 Å². The van der Waals surface area contributed by atoms with Gasteiger partial charge in [0.05, 0.1) is 33.9 Å². The van der Waals surface area contributed by atoms with Gasteiger partial charge in [-0.25, -0.2) is 18.6 Å². The van der Waals surface area contributed by atoms with Crippen molar-refractivity contribution in [3.8, 4) is 0 Å². The molecule has 2 bridgehead atoms. The van der Waals surface area contributed by atoms with Gasteiger partial charge in [-0.3, -0.25) is 4.79 Å². The van der Waals surface area contributed by atoms with E-state index in [4.69, 9.17) is 0 Å². The minimum Gasteiger partial charge on any atom is -0.333 e. The van der Waals surface area contributed by atoms with Crippen LogP contribution in [-0.2, 0) is 11.3 Å². The number of nitrogens with one attached hydrogen (secondary N) is 1. The van der Waals surface area contributed by atoms with E-state index in [2.05, 4.69) is 16.4 Å². The number of aromatic nitrogens is 1. The number of hydrogen-bond acceptors (Lipinski definition) is 4. The molecule has 1 saturated heterocycles. The van der Waals surface area contributed by atoms with Gasteiger partial charge in [0.15, 0.2) is 11.6 Å². The fraction of sp³-hybridized carbons (Fsp3) is 0.381. The Bertz CT molecular complexity index is 1110. The zero-order valence-corrected chi connectivity index (χ0v) is 17.4. The summed E-state index contributed by atoms with van der Waals surface area (Å²) >= 11 is 1.63. The van der Waals surface area contributed by atoms with Gasteiger partial charge in [0.2, 0.25) is 5.91 Å². The van der Waals surface area contributed by atoms with Crippen LogP contribution < -0.4 is 5.32 Å². The van der Waals surface area contributed by atoms with E-state index < -0.39 is 17.7 Å². The summed E-state index contributed by atoms with van der Waals surface area (Å²) in [5.74, 6) is -1.87. The van der Waals surface area contributed by atoms with Gasteiger partial charge < -0.3 is 15.1 Å². The number of halogens is 2. The van der Waals surface area contributed by atoms with Gasteiger partial charge in [-0.1, -0.05) is 6.08 Å². The number of benzene rings is 1. The lowest BCUT2D eigenvalue weighted by Gasteiger charge is -2.33. The lowest BCUT2D eigenvalue weighted by Crippen LogP contribution is -2.48. The number of likely N-dealkylation sites (tertiary alicyclic amines) is 1. The molecule has 5 rings (SSSR count). The summed E-state index contributed by atoms with van der Waals surface area (Å²) < 4.78 is 27.8. The highest BCUT2D eigenvalue weighted by atomic mass is 32.1. The SMILES string of the molecule is Cc1nc(C)c(C2=CC3CC2N(C(=O)CN2Cc4c(ccc(F)c4F)NC2=O)C3)s1. The molecule has 0 radical (unpaired) electrons. The first-order valence-electron chi connectivity index (χ1n) is 9.80. The molecular formula is C21H20F2N4O2S. The minimum atomic E-state index is -0.994. The van der Waals surface area contributed by atoms with Crippen LogP contribution in [-0.4, -0.2) is 45.9 Å². The van der Waals surface area contributed by atoms with Crippen molar-refractivity contribution in [1.29, 1.82) is 0 Å². The number of rotatable bonds is 3. The Hall–Kier alpha value is -2.81. The predicted molar refractivity (Wildman–Crippen MR) is 109 cm³/mol. The fourth-order valence-corrected chi connectivity index (χ4v) is 5.65. The van der Waals surface area contributed by atoms with Crippen LogP contribution in [0.5, 0.6) is 0 Å². The second-order valence-corrected chi connectivity index (χ2v) is 9.20. The molecule has 3 aliphatic rings. The maximum atomic E-state index is 14.2. The van der Waals surface area contributed by atoms with Crippen LogP contribution in [0.4, 0.5) is 19.3 Å². The van der Waals surface area contributed by atoms with Crippen LogP contribution in [0.25, 0.3) is 5.57 Å². The zero-order chi connectivity index (χ0) is 21.2. The van der Waals surface area contributed by atoms with E-state index in [1.807, 2.05) is 13.8 Å². The molecule has 3 amide bonds. The number of amides is 3. The Kier molecular flexibility index (Phi) is 4.39. The molecule has 2 aliphatic heterocycles. The normalized spacial score (nSPS) is 22.3. The van der Waals surface area contributed by atoms with Crippen molar-refractivity contribution in [3.63, 3.8) is 0 Å². The van der Waals surface area contributed by atoms with Crippen molar-refractivity contribution in [2.45, 2.75) is 32.9 Å². The van der Waals surface area contributed by atoms with Crippen LogP contribution in [0.2, 0.25) is 0 Å². The number of hydrogen-bond donors (Lipinski definition) is 1. The number of thiazole rings is 1. The Morgan fingerprint density at radius 2 is 2.13 bits per heavy atom. The summed E-state index contributed by atoms with van der Waals surface area (Å²) in [4.78, 5) is 34.1. The van der Waals surface area contributed by atoms with Crippen molar-refractivity contribution in [1.82, 2.24) is 14.8 Å². The van der Waals surface area contributed by atoms with Gasteiger partial charge in [0.1, 0.15) is 6.54 Å². The number of carbonyl (C=O) groups is 2. The Balaban J connectivity index is 1.34. The molecular weight excluding hydrogens is 410 g/mol. The van der Waals surface area contributed by atoms with E-state index >= 15 is 0 Å². The standard InChI is InChI=1S/C21H20F2N4O2S/c1-10-20(30-11(2)24-10)13-5-12-6-17(13)27(7-12)18(28)9-26-8-14-16(25-21(26)29)4-3-15(22)19(14)23/h3-5,12,17H,6-9H2,1-2H3,(H,25,29). The molecule has 9 heteroatoms. The number of fused-ring (bicyclic) bond motifs is 3. The van der Waals surface area contributed by atoms with Crippen LogP contribution in [0.15, 0.2) is 18.2 Å². The van der Waals surface area contributed by atoms with Gasteiger partial charge in [0.25, 0.3) is 0 Å². The monoisotopic (exact) mass is 430 g/mol. The third-order valence-electron chi connectivity index (χ3n) is 5.99. The molecule has 2 unspecified atom stereocenters. The van der Waals surface area contributed by atoms with Crippen LogP contribution in [0.3, 0.4) is 0 Å². The molecule has 0 saturated carbocycles. The molecule has 30 heavy (non-hydrogen) atoms. The highest BCUT2D eigenvalue weighted by Gasteiger charge is 2.43. The lowest BCUT2D eigenvalue weighted by atomic mass is 10.1. The van der Waals surface area contributed by atoms with Gasteiger partial charge in [-0.2, -0.15) is 0 Å². The topological polar surface area (TPSA) is 65.5 Å². The Labute approximate surface area is 176 Å². The van der Waals surface area contributed by atoms with E-state index in [0.29, 0.717) is 12.5 Å². The third kappa shape index (κ3) is 2.99. The zero-order valence-electron chi connectivity index (χ0n) is 16.5. The third-order valence-corrected chi connectivity index (χ3v) is 7.12. The lowest BCUT2D eigenvalue weighted by molar-refractivity contribution is -0.132. The predicted octanol–water partition coefficient (Wildman–Crippen LogP) is 3.70. The van der Waals surface area contributed by atoms with E-state index in [-0.39, 0.29) is 36.3 Å². The van der Waals surface area contributed by atoms with Gasteiger partial charge in [-0.05, 0) is 43.9 Å². The number of carbonyl (C=O) groups excluding carboxylic acids is 2. The van der Waals surface area contributed by atoms with Crippen molar-refractivity contribution < 1.29 is 18.4 Å². The average Bonchev–Trinajstić information content (AvgIpc) is 3.39. The molecule has 1 aliphatic carbocycles. The first kappa shape index (κ1) is 19.2. The van der Waals surface area contributed by atoms with Crippen molar-refractivity contribution in [3.05, 3.63) is 51.0 Å². The molecule has 1 fully saturated rings. The van der Waals surface area contributed by atoms with E-state index in [1.54, 1.807) is 16.2 Å². The maximum Gasteiger partial charge on any atom is 0.322 e. The summed E-state index contributed by atoms with van der Waals surface area (Å²) in [7, 11) is 0. The highest BCUT2D eigenvalue weighted by molar-refractivity contribution is 7.12. The molecule has 6 nitrogen and oxygen atoms in total. The molecule has 1 aromatic heterocycles. The molecule has 2 atom stereocenters. The second kappa shape index (κ2) is 6.87. The Morgan fingerprint density at radius 3 is 2.83 bits per heavy atom. The second-order valence-electron chi connectivity index (χ2n) is 8.00. The minimum absolute atomic E-state index is 0.0321. The van der Waals surface area contributed by atoms with E-state index in [9.17, 15) is 18.4 Å². The molecule has 0 spiro atoms. The number of nitrogens with zero attached hydrogens (tertiary/aromatic N) is 3. The summed E-state index contributed by atoms with van der Waals surface area (Å²) in [5.41, 5.74) is 2.39. The highest BCUT2D eigenvalue weighted by Crippen LogP contribution is 2.44. The Morgan fingerprint density at radius 1 is 1.33 bits per heavy atom. The van der Waals surface area contributed by atoms with Gasteiger partial charge in [0, 0.05) is 12.1 Å². The summed E-state index contributed by atoms with van der Waals surface area (Å²) in [5, 5.41) is 3.53. The van der Waals surface area contributed by atoms with Crippen LogP contribution in [0.1, 0.15) is 27.6 Å². The van der Waals surface area contributed by atoms with Crippen molar-refractivity contribution in [2.75, 3.05) is 18.4 Å². The average molecular weight is 430 g/mol. The van der Waals surface area contributed by atoms with E-state index in [1.165, 1.54) is 11.0 Å².